The lowest BCUT2D eigenvalue weighted by Crippen LogP contribution is -2.35. The highest BCUT2D eigenvalue weighted by atomic mass is 16.6. The number of nitrogens with zero attached hydrogens (tertiary/aromatic N) is 3. The summed E-state index contributed by atoms with van der Waals surface area (Å²) in [4.78, 5) is 21.1. The van der Waals surface area contributed by atoms with Crippen LogP contribution in [0.3, 0.4) is 0 Å². The summed E-state index contributed by atoms with van der Waals surface area (Å²) in [6.07, 6.45) is 2.17. The van der Waals surface area contributed by atoms with E-state index in [1.165, 1.54) is 12.1 Å². The molecule has 1 heterocycles. The van der Waals surface area contributed by atoms with Gasteiger partial charge in [-0.3, -0.25) is 14.8 Å². The van der Waals surface area contributed by atoms with Gasteiger partial charge in [-0.25, -0.2) is 4.79 Å². The summed E-state index contributed by atoms with van der Waals surface area (Å²) in [5, 5.41) is 26.0. The third-order valence-corrected chi connectivity index (χ3v) is 3.01. The van der Waals surface area contributed by atoms with Gasteiger partial charge in [0.2, 0.25) is 0 Å². The molecule has 1 aromatic heterocycles. The van der Waals surface area contributed by atoms with Crippen molar-refractivity contribution in [2.45, 2.75) is 13.0 Å². The van der Waals surface area contributed by atoms with E-state index >= 15 is 0 Å². The molecule has 0 fully saturated rings. The second-order valence-electron chi connectivity index (χ2n) is 5.04. The van der Waals surface area contributed by atoms with E-state index in [4.69, 9.17) is 9.84 Å². The van der Waals surface area contributed by atoms with Crippen molar-refractivity contribution < 1.29 is 19.6 Å². The number of carboxylic acid groups (broad SMARTS) is 1. The molecule has 1 atom stereocenters. The molecule has 0 aliphatic heterocycles. The van der Waals surface area contributed by atoms with Crippen molar-refractivity contribution in [1.29, 1.82) is 0 Å². The number of amides is 1. The van der Waals surface area contributed by atoms with Gasteiger partial charge in [0.25, 0.3) is 5.69 Å². The standard InChI is InChI=1S/C14H16N4O5/c1-9(16-14(19)20)8-23-13-4-10(3-12(5-13)18(21)22)11-6-15-17(2)7-11/h3-7,9,16H,8H2,1-2H3,(H,19,20). The summed E-state index contributed by atoms with van der Waals surface area (Å²) in [7, 11) is 1.75. The average Bonchev–Trinajstić information content (AvgIpc) is 2.91. The molecule has 0 saturated carbocycles. The fourth-order valence-electron chi connectivity index (χ4n) is 1.98. The van der Waals surface area contributed by atoms with Crippen LogP contribution >= 0.6 is 0 Å². The highest BCUT2D eigenvalue weighted by molar-refractivity contribution is 5.67. The Hall–Kier alpha value is -3.10. The van der Waals surface area contributed by atoms with E-state index in [1.54, 1.807) is 37.1 Å². The summed E-state index contributed by atoms with van der Waals surface area (Å²) < 4.78 is 7.06. The highest BCUT2D eigenvalue weighted by Gasteiger charge is 2.14. The van der Waals surface area contributed by atoms with Crippen molar-refractivity contribution in [2.24, 2.45) is 7.05 Å². The van der Waals surface area contributed by atoms with E-state index in [1.807, 2.05) is 0 Å². The quantitative estimate of drug-likeness (QED) is 0.620. The van der Waals surface area contributed by atoms with E-state index in [-0.39, 0.29) is 18.0 Å². The molecule has 122 valence electrons. The van der Waals surface area contributed by atoms with Crippen LogP contribution < -0.4 is 10.1 Å². The SMILES string of the molecule is CC(COc1cc(-c2cnn(C)c2)cc([N+](=O)[O-])c1)NC(=O)O. The van der Waals surface area contributed by atoms with Gasteiger partial charge < -0.3 is 15.2 Å². The van der Waals surface area contributed by atoms with Gasteiger partial charge in [0.05, 0.1) is 23.2 Å². The van der Waals surface area contributed by atoms with Gasteiger partial charge in [0.1, 0.15) is 12.4 Å². The molecular weight excluding hydrogens is 304 g/mol. The molecule has 9 heteroatoms. The Labute approximate surface area is 131 Å². The van der Waals surface area contributed by atoms with E-state index in [9.17, 15) is 14.9 Å². The Morgan fingerprint density at radius 3 is 2.78 bits per heavy atom. The van der Waals surface area contributed by atoms with Crippen LogP contribution in [-0.4, -0.2) is 38.6 Å². The molecule has 1 amide bonds. The molecule has 2 N–H and O–H groups in total. The largest absolute Gasteiger partial charge is 0.491 e. The maximum atomic E-state index is 11.1. The van der Waals surface area contributed by atoms with Crippen molar-refractivity contribution in [1.82, 2.24) is 15.1 Å². The summed E-state index contributed by atoms with van der Waals surface area (Å²) in [5.74, 6) is 0.289. The number of aromatic nitrogens is 2. The lowest BCUT2D eigenvalue weighted by Gasteiger charge is -2.13. The molecule has 2 rings (SSSR count). The molecule has 9 nitrogen and oxygen atoms in total. The zero-order valence-corrected chi connectivity index (χ0v) is 12.6. The monoisotopic (exact) mass is 320 g/mol. The Morgan fingerprint density at radius 1 is 1.48 bits per heavy atom. The Balaban J connectivity index is 2.23. The normalized spacial score (nSPS) is 11.7. The molecule has 0 spiro atoms. The Bertz CT molecular complexity index is 728. The van der Waals surface area contributed by atoms with Crippen LogP contribution in [0.15, 0.2) is 30.6 Å². The zero-order valence-electron chi connectivity index (χ0n) is 12.6. The first-order valence-electron chi connectivity index (χ1n) is 6.76. The van der Waals surface area contributed by atoms with Crippen molar-refractivity contribution in [3.63, 3.8) is 0 Å². The number of non-ortho nitro benzene ring substituents is 1. The summed E-state index contributed by atoms with van der Waals surface area (Å²) >= 11 is 0. The summed E-state index contributed by atoms with van der Waals surface area (Å²) in [5.41, 5.74) is 1.21. The second kappa shape index (κ2) is 6.77. The lowest BCUT2D eigenvalue weighted by atomic mass is 10.1. The first kappa shape index (κ1) is 16.3. The molecule has 0 bridgehead atoms. The van der Waals surface area contributed by atoms with Crippen molar-refractivity contribution in [2.75, 3.05) is 6.61 Å². The van der Waals surface area contributed by atoms with Crippen LogP contribution in [0.2, 0.25) is 0 Å². The number of benzene rings is 1. The molecule has 0 aliphatic carbocycles. The van der Waals surface area contributed by atoms with E-state index in [2.05, 4.69) is 10.4 Å². The van der Waals surface area contributed by atoms with E-state index in [0.717, 1.165) is 5.56 Å². The molecule has 0 saturated heterocycles. The van der Waals surface area contributed by atoms with Crippen LogP contribution in [0.25, 0.3) is 11.1 Å². The van der Waals surface area contributed by atoms with Crippen LogP contribution in [0, 0.1) is 10.1 Å². The third-order valence-electron chi connectivity index (χ3n) is 3.01. The number of carbonyl (C=O) groups is 1. The Kier molecular flexibility index (Phi) is 4.79. The van der Waals surface area contributed by atoms with Crippen molar-refractivity contribution >= 4 is 11.8 Å². The number of nitro benzene ring substituents is 1. The van der Waals surface area contributed by atoms with Crippen LogP contribution in [0.5, 0.6) is 5.75 Å². The first-order valence-corrected chi connectivity index (χ1v) is 6.76. The number of rotatable bonds is 6. The molecule has 0 radical (unpaired) electrons. The van der Waals surface area contributed by atoms with Crippen molar-refractivity contribution in [3.05, 3.63) is 40.7 Å². The number of hydrogen-bond acceptors (Lipinski definition) is 5. The van der Waals surface area contributed by atoms with Gasteiger partial charge in [0.15, 0.2) is 0 Å². The van der Waals surface area contributed by atoms with Gasteiger partial charge in [-0.15, -0.1) is 0 Å². The van der Waals surface area contributed by atoms with Crippen LogP contribution in [0.4, 0.5) is 10.5 Å². The highest BCUT2D eigenvalue weighted by Crippen LogP contribution is 2.29. The minimum atomic E-state index is -1.16. The van der Waals surface area contributed by atoms with Gasteiger partial charge >= 0.3 is 6.09 Å². The lowest BCUT2D eigenvalue weighted by molar-refractivity contribution is -0.384. The average molecular weight is 320 g/mol. The second-order valence-corrected chi connectivity index (χ2v) is 5.04. The van der Waals surface area contributed by atoms with E-state index < -0.39 is 17.1 Å². The fraction of sp³-hybridized carbons (Fsp3) is 0.286. The van der Waals surface area contributed by atoms with Gasteiger partial charge in [-0.2, -0.15) is 5.10 Å². The van der Waals surface area contributed by atoms with Crippen molar-refractivity contribution in [3.8, 4) is 16.9 Å². The summed E-state index contributed by atoms with van der Waals surface area (Å²) in [6.45, 7) is 1.69. The predicted octanol–water partition coefficient (Wildman–Crippen LogP) is 2.03. The minimum Gasteiger partial charge on any atom is -0.491 e. The molecular formula is C14H16N4O5. The number of ether oxygens (including phenoxy) is 1. The van der Waals surface area contributed by atoms with E-state index in [0.29, 0.717) is 5.56 Å². The third kappa shape index (κ3) is 4.43. The molecule has 23 heavy (non-hydrogen) atoms. The first-order chi connectivity index (χ1) is 10.8. The topological polar surface area (TPSA) is 120 Å². The smallest absolute Gasteiger partial charge is 0.404 e. The molecule has 1 aromatic carbocycles. The molecule has 2 aromatic rings. The molecule has 1 unspecified atom stereocenters. The maximum absolute atomic E-state index is 11.1. The number of hydrogen-bond donors (Lipinski definition) is 2. The maximum Gasteiger partial charge on any atom is 0.404 e. The number of nitrogens with one attached hydrogen (secondary N) is 1. The molecule has 0 aliphatic rings. The number of nitro groups is 1. The summed E-state index contributed by atoms with van der Waals surface area (Å²) in [6, 6.07) is 3.93. The van der Waals surface area contributed by atoms with Gasteiger partial charge in [0, 0.05) is 24.9 Å². The van der Waals surface area contributed by atoms with Crippen LogP contribution in [-0.2, 0) is 7.05 Å². The zero-order chi connectivity index (χ0) is 17.0. The fourth-order valence-corrected chi connectivity index (χ4v) is 1.98. The minimum absolute atomic E-state index is 0.0555. The van der Waals surface area contributed by atoms with Crippen LogP contribution in [0.1, 0.15) is 6.92 Å². The predicted molar refractivity (Wildman–Crippen MR) is 81.4 cm³/mol. The number of aryl methyl sites for hydroxylation is 1. The Morgan fingerprint density at radius 2 is 2.22 bits per heavy atom. The van der Waals surface area contributed by atoms with Gasteiger partial charge in [-0.1, -0.05) is 0 Å². The van der Waals surface area contributed by atoms with Gasteiger partial charge in [-0.05, 0) is 18.6 Å².